The molecule has 136 valence electrons. The summed E-state index contributed by atoms with van der Waals surface area (Å²) >= 11 is 0. The van der Waals surface area contributed by atoms with Gasteiger partial charge in [0.05, 0.1) is 0 Å². The number of amides is 2. The molecule has 3 saturated heterocycles. The number of likely N-dealkylation sites (tertiary alicyclic amines) is 3. The molecule has 24 heavy (non-hydrogen) atoms. The molecular weight excluding hydrogens is 302 g/mol. The first kappa shape index (κ1) is 17.7. The molecule has 3 aliphatic heterocycles. The van der Waals surface area contributed by atoms with Crippen LogP contribution in [-0.2, 0) is 9.59 Å². The Morgan fingerprint density at radius 3 is 2.50 bits per heavy atom. The van der Waals surface area contributed by atoms with Gasteiger partial charge in [0.15, 0.2) is 0 Å². The Balaban J connectivity index is 1.66. The van der Waals surface area contributed by atoms with E-state index in [2.05, 4.69) is 18.7 Å². The highest BCUT2D eigenvalue weighted by molar-refractivity contribution is 5.87. The third-order valence-corrected chi connectivity index (χ3v) is 6.06. The van der Waals surface area contributed by atoms with Crippen molar-refractivity contribution in [1.82, 2.24) is 14.7 Å². The van der Waals surface area contributed by atoms with Gasteiger partial charge in [-0.3, -0.25) is 9.59 Å². The topological polar surface area (TPSA) is 43.9 Å². The molecule has 1 atom stereocenters. The minimum absolute atomic E-state index is 0.0573. The molecule has 1 spiro atoms. The Labute approximate surface area is 146 Å². The number of carbonyl (C=O) groups is 2. The van der Waals surface area contributed by atoms with Crippen molar-refractivity contribution in [2.24, 2.45) is 5.92 Å². The van der Waals surface area contributed by atoms with E-state index in [4.69, 9.17) is 0 Å². The van der Waals surface area contributed by atoms with E-state index in [1.54, 1.807) is 0 Å². The molecule has 0 aromatic heterocycles. The monoisotopic (exact) mass is 335 g/mol. The van der Waals surface area contributed by atoms with Crippen molar-refractivity contribution in [3.63, 3.8) is 0 Å². The zero-order valence-electron chi connectivity index (χ0n) is 15.4. The van der Waals surface area contributed by atoms with Crippen LogP contribution >= 0.6 is 0 Å². The van der Waals surface area contributed by atoms with Crippen LogP contribution in [0.3, 0.4) is 0 Å². The number of rotatable bonds is 4. The molecule has 2 amide bonds. The van der Waals surface area contributed by atoms with Gasteiger partial charge in [-0.1, -0.05) is 13.8 Å². The Morgan fingerprint density at radius 2 is 1.79 bits per heavy atom. The van der Waals surface area contributed by atoms with E-state index >= 15 is 0 Å². The number of carbonyl (C=O) groups excluding carboxylic acids is 2. The molecule has 5 nitrogen and oxygen atoms in total. The Hall–Kier alpha value is -1.10. The fourth-order valence-electron chi connectivity index (χ4n) is 4.79. The summed E-state index contributed by atoms with van der Waals surface area (Å²) in [6.07, 6.45) is 6.99. The van der Waals surface area contributed by atoms with Gasteiger partial charge in [-0.05, 0) is 51.0 Å². The summed E-state index contributed by atoms with van der Waals surface area (Å²) < 4.78 is 0. The first-order valence-corrected chi connectivity index (χ1v) is 9.81. The van der Waals surface area contributed by atoms with Crippen LogP contribution in [0, 0.1) is 5.92 Å². The maximum atomic E-state index is 12.6. The van der Waals surface area contributed by atoms with E-state index in [0.29, 0.717) is 18.9 Å². The van der Waals surface area contributed by atoms with Crippen molar-refractivity contribution in [2.45, 2.75) is 64.3 Å². The first-order chi connectivity index (χ1) is 11.5. The predicted octanol–water partition coefficient (Wildman–Crippen LogP) is 2.11. The largest absolute Gasteiger partial charge is 0.341 e. The van der Waals surface area contributed by atoms with E-state index in [9.17, 15) is 9.59 Å². The highest BCUT2D eigenvalue weighted by Gasteiger charge is 2.46. The van der Waals surface area contributed by atoms with Crippen molar-refractivity contribution in [2.75, 3.05) is 39.3 Å². The molecule has 0 aromatic rings. The molecule has 0 bridgehead atoms. The van der Waals surface area contributed by atoms with Gasteiger partial charge in [-0.15, -0.1) is 0 Å². The van der Waals surface area contributed by atoms with Gasteiger partial charge in [0.1, 0.15) is 6.54 Å². The average Bonchev–Trinajstić information content (AvgIpc) is 3.11. The van der Waals surface area contributed by atoms with Crippen LogP contribution in [0.15, 0.2) is 0 Å². The summed E-state index contributed by atoms with van der Waals surface area (Å²) in [4.78, 5) is 31.6. The molecule has 3 heterocycles. The normalized spacial score (nSPS) is 29.0. The molecule has 3 aliphatic rings. The van der Waals surface area contributed by atoms with Crippen LogP contribution in [0.4, 0.5) is 0 Å². The highest BCUT2D eigenvalue weighted by atomic mass is 16.2. The van der Waals surface area contributed by atoms with Crippen LogP contribution in [0.25, 0.3) is 0 Å². The zero-order chi connectivity index (χ0) is 17.2. The molecule has 0 radical (unpaired) electrons. The summed E-state index contributed by atoms with van der Waals surface area (Å²) in [5.41, 5.74) is -0.0573. The fraction of sp³-hybridized carbons (Fsp3) is 0.895. The van der Waals surface area contributed by atoms with Crippen LogP contribution in [0.1, 0.15) is 58.8 Å². The van der Waals surface area contributed by atoms with Gasteiger partial charge in [0.25, 0.3) is 0 Å². The minimum atomic E-state index is -0.0573. The van der Waals surface area contributed by atoms with Crippen molar-refractivity contribution in [3.8, 4) is 0 Å². The van der Waals surface area contributed by atoms with Gasteiger partial charge in [0.2, 0.25) is 11.8 Å². The van der Waals surface area contributed by atoms with E-state index in [1.165, 1.54) is 0 Å². The highest BCUT2D eigenvalue weighted by Crippen LogP contribution is 2.39. The molecular formula is C19H33N3O2. The number of hydrogen-bond acceptors (Lipinski definition) is 3. The van der Waals surface area contributed by atoms with E-state index in [1.807, 2.05) is 9.80 Å². The lowest BCUT2D eigenvalue weighted by atomic mass is 9.87. The van der Waals surface area contributed by atoms with Gasteiger partial charge in [0, 0.05) is 38.1 Å². The lowest BCUT2D eigenvalue weighted by molar-refractivity contribution is -0.141. The van der Waals surface area contributed by atoms with Gasteiger partial charge < -0.3 is 14.7 Å². The maximum absolute atomic E-state index is 12.6. The van der Waals surface area contributed by atoms with Crippen molar-refractivity contribution in [1.29, 1.82) is 0 Å². The Morgan fingerprint density at radius 1 is 1.04 bits per heavy atom. The molecule has 0 saturated carbocycles. The van der Waals surface area contributed by atoms with E-state index in [0.717, 1.165) is 71.2 Å². The van der Waals surface area contributed by atoms with E-state index in [-0.39, 0.29) is 17.4 Å². The summed E-state index contributed by atoms with van der Waals surface area (Å²) in [6.45, 7) is 9.90. The number of hydrogen-bond donors (Lipinski definition) is 0. The molecule has 0 aliphatic carbocycles. The molecule has 3 fully saturated rings. The lowest BCUT2D eigenvalue weighted by Gasteiger charge is -2.38. The Kier molecular flexibility index (Phi) is 5.48. The molecule has 0 N–H and O–H groups in total. The predicted molar refractivity (Wildman–Crippen MR) is 94.6 cm³/mol. The summed E-state index contributed by atoms with van der Waals surface area (Å²) in [5, 5.41) is 0. The number of nitrogens with zero attached hydrogens (tertiary/aromatic N) is 3. The van der Waals surface area contributed by atoms with Crippen LogP contribution in [0.5, 0.6) is 0 Å². The second-order valence-electron chi connectivity index (χ2n) is 8.34. The molecule has 5 heteroatoms. The van der Waals surface area contributed by atoms with E-state index < -0.39 is 0 Å². The van der Waals surface area contributed by atoms with Crippen molar-refractivity contribution < 1.29 is 9.59 Å². The van der Waals surface area contributed by atoms with Crippen molar-refractivity contribution >= 4 is 11.8 Å². The Bertz CT molecular complexity index is 473. The lowest BCUT2D eigenvalue weighted by Crippen LogP contribution is -2.51. The average molecular weight is 335 g/mol. The summed E-state index contributed by atoms with van der Waals surface area (Å²) in [5.74, 6) is 1.03. The summed E-state index contributed by atoms with van der Waals surface area (Å²) in [6, 6.07) is 0. The van der Waals surface area contributed by atoms with Gasteiger partial charge in [-0.25, -0.2) is 0 Å². The van der Waals surface area contributed by atoms with Crippen molar-refractivity contribution in [3.05, 3.63) is 0 Å². The molecule has 3 rings (SSSR count). The zero-order valence-corrected chi connectivity index (χ0v) is 15.4. The van der Waals surface area contributed by atoms with Gasteiger partial charge in [-0.2, -0.15) is 0 Å². The fourth-order valence-corrected chi connectivity index (χ4v) is 4.79. The molecule has 0 aromatic carbocycles. The van der Waals surface area contributed by atoms with Crippen LogP contribution in [-0.4, -0.2) is 71.3 Å². The van der Waals surface area contributed by atoms with Crippen LogP contribution < -0.4 is 0 Å². The maximum Gasteiger partial charge on any atom is 0.242 e. The van der Waals surface area contributed by atoms with Gasteiger partial charge >= 0.3 is 0 Å². The third kappa shape index (κ3) is 3.76. The molecule has 0 unspecified atom stereocenters. The summed E-state index contributed by atoms with van der Waals surface area (Å²) in [7, 11) is 0. The second kappa shape index (κ2) is 7.42. The smallest absolute Gasteiger partial charge is 0.242 e. The standard InChI is InChI=1S/C19H33N3O2/c1-16(2)14-20-10-5-7-19(9-13-20)8-6-17(23)22(19)15-18(24)21-11-3-4-12-21/h16H,3-15H2,1-2H3/t19-/m1/s1. The minimum Gasteiger partial charge on any atom is -0.341 e. The third-order valence-electron chi connectivity index (χ3n) is 6.06. The quantitative estimate of drug-likeness (QED) is 0.790. The van der Waals surface area contributed by atoms with Crippen LogP contribution in [0.2, 0.25) is 0 Å². The first-order valence-electron chi connectivity index (χ1n) is 9.81. The second-order valence-corrected chi connectivity index (χ2v) is 8.34. The SMILES string of the molecule is CC(C)CN1CCC[C@@]2(CCC(=O)N2CC(=O)N2CCCC2)CC1.